The number of hydrogen-bond donors (Lipinski definition) is 1. The highest BCUT2D eigenvalue weighted by molar-refractivity contribution is 6.42. The molecule has 2 aromatic carbocycles. The molecule has 0 unspecified atom stereocenters. The molecule has 1 amide bonds. The molecule has 2 rings (SSSR count). The lowest BCUT2D eigenvalue weighted by atomic mass is 10.2. The van der Waals surface area contributed by atoms with Crippen molar-refractivity contribution in [2.45, 2.75) is 0 Å². The summed E-state index contributed by atoms with van der Waals surface area (Å²) >= 11 is 11.7. The second kappa shape index (κ2) is 7.26. The molecule has 0 aliphatic carbocycles. The molecular weight excluding hydrogens is 350 g/mol. The number of nitrogens with one attached hydrogen (secondary N) is 1. The first-order valence-electron chi connectivity index (χ1n) is 6.19. The van der Waals surface area contributed by atoms with Crippen LogP contribution in [-0.2, 0) is 4.79 Å². The number of carbonyl (C=O) groups excluding carboxylic acids is 1. The summed E-state index contributed by atoms with van der Waals surface area (Å²) in [5.74, 6) is -1.32. The van der Waals surface area contributed by atoms with Gasteiger partial charge in [0.05, 0.1) is 15.6 Å². The van der Waals surface area contributed by atoms with Crippen LogP contribution in [0.3, 0.4) is 0 Å². The van der Waals surface area contributed by atoms with E-state index in [1.54, 1.807) is 12.1 Å². The van der Waals surface area contributed by atoms with Gasteiger partial charge in [-0.05, 0) is 18.2 Å². The Balaban J connectivity index is 2.04. The van der Waals surface area contributed by atoms with Crippen molar-refractivity contribution in [1.82, 2.24) is 0 Å². The number of anilines is 1. The molecular formula is C14H9Cl2FN2O4. The van der Waals surface area contributed by atoms with E-state index < -0.39 is 23.3 Å². The summed E-state index contributed by atoms with van der Waals surface area (Å²) in [5.41, 5.74) is -0.662. The molecule has 2 aromatic rings. The monoisotopic (exact) mass is 358 g/mol. The third kappa shape index (κ3) is 4.30. The molecule has 6 nitrogen and oxygen atoms in total. The number of ether oxygens (including phenoxy) is 1. The van der Waals surface area contributed by atoms with Crippen molar-refractivity contribution in [3.63, 3.8) is 0 Å². The predicted molar refractivity (Wildman–Crippen MR) is 83.6 cm³/mol. The minimum Gasteiger partial charge on any atom is -0.482 e. The Hall–Kier alpha value is -2.38. The zero-order valence-corrected chi connectivity index (χ0v) is 12.9. The highest BCUT2D eigenvalue weighted by Crippen LogP contribution is 2.31. The molecule has 23 heavy (non-hydrogen) atoms. The summed E-state index contributed by atoms with van der Waals surface area (Å²) in [6, 6.07) is 7.45. The molecule has 0 aliphatic rings. The smallest absolute Gasteiger partial charge is 0.271 e. The van der Waals surface area contributed by atoms with E-state index >= 15 is 0 Å². The van der Waals surface area contributed by atoms with Crippen LogP contribution in [0, 0.1) is 15.9 Å². The van der Waals surface area contributed by atoms with Crippen LogP contribution in [0.2, 0.25) is 10.0 Å². The normalized spacial score (nSPS) is 10.2. The van der Waals surface area contributed by atoms with Crippen molar-refractivity contribution in [2.75, 3.05) is 11.9 Å². The largest absolute Gasteiger partial charge is 0.482 e. The van der Waals surface area contributed by atoms with Crippen molar-refractivity contribution >= 4 is 40.5 Å². The fraction of sp³-hybridized carbons (Fsp3) is 0.0714. The Bertz CT molecular complexity index is 770. The average Bonchev–Trinajstić information content (AvgIpc) is 2.50. The molecule has 120 valence electrons. The molecule has 0 saturated heterocycles. The molecule has 0 aromatic heterocycles. The zero-order chi connectivity index (χ0) is 17.0. The standard InChI is InChI=1S/C14H9Cl2FN2O4/c15-9-2-1-3-12(14(9)16)23-7-13(20)18-11-6-8(19(21)22)4-5-10(11)17/h1-6H,7H2,(H,18,20). The lowest BCUT2D eigenvalue weighted by Gasteiger charge is -2.09. The van der Waals surface area contributed by atoms with Gasteiger partial charge < -0.3 is 10.1 Å². The van der Waals surface area contributed by atoms with Crippen molar-refractivity contribution in [3.05, 3.63) is 62.4 Å². The van der Waals surface area contributed by atoms with E-state index in [0.29, 0.717) is 0 Å². The van der Waals surface area contributed by atoms with Gasteiger partial charge in [-0.3, -0.25) is 14.9 Å². The van der Waals surface area contributed by atoms with Gasteiger partial charge in [0, 0.05) is 12.1 Å². The predicted octanol–water partition coefficient (Wildman–Crippen LogP) is 4.06. The van der Waals surface area contributed by atoms with Crippen molar-refractivity contribution < 1.29 is 18.8 Å². The van der Waals surface area contributed by atoms with Gasteiger partial charge in [-0.2, -0.15) is 0 Å². The molecule has 1 N–H and O–H groups in total. The zero-order valence-electron chi connectivity index (χ0n) is 11.4. The SMILES string of the molecule is O=C(COc1cccc(Cl)c1Cl)Nc1cc([N+](=O)[O-])ccc1F. The quantitative estimate of drug-likeness (QED) is 0.645. The van der Waals surface area contributed by atoms with Crippen LogP contribution in [0.25, 0.3) is 0 Å². The highest BCUT2D eigenvalue weighted by Gasteiger charge is 2.14. The Kier molecular flexibility index (Phi) is 5.36. The summed E-state index contributed by atoms with van der Waals surface area (Å²) in [5, 5.41) is 13.2. The maximum Gasteiger partial charge on any atom is 0.271 e. The van der Waals surface area contributed by atoms with Crippen molar-refractivity contribution in [2.24, 2.45) is 0 Å². The number of benzene rings is 2. The number of nitrogens with zero attached hydrogens (tertiary/aromatic N) is 1. The number of non-ortho nitro benzene ring substituents is 1. The Morgan fingerprint density at radius 2 is 2.04 bits per heavy atom. The first-order chi connectivity index (χ1) is 10.9. The van der Waals surface area contributed by atoms with E-state index in [1.165, 1.54) is 6.07 Å². The van der Waals surface area contributed by atoms with Gasteiger partial charge in [-0.1, -0.05) is 29.3 Å². The number of halogens is 3. The lowest BCUT2D eigenvalue weighted by Crippen LogP contribution is -2.21. The van der Waals surface area contributed by atoms with E-state index in [-0.39, 0.29) is 27.2 Å². The second-order valence-corrected chi connectivity index (χ2v) is 5.10. The molecule has 0 fully saturated rings. The van der Waals surface area contributed by atoms with Crippen LogP contribution in [-0.4, -0.2) is 17.4 Å². The van der Waals surface area contributed by atoms with Crippen LogP contribution in [0.4, 0.5) is 15.8 Å². The van der Waals surface area contributed by atoms with Gasteiger partial charge in [0.15, 0.2) is 6.61 Å². The van der Waals surface area contributed by atoms with Gasteiger partial charge in [0.1, 0.15) is 16.6 Å². The van der Waals surface area contributed by atoms with E-state index in [4.69, 9.17) is 27.9 Å². The molecule has 0 aliphatic heterocycles. The average molecular weight is 359 g/mol. The second-order valence-electron chi connectivity index (χ2n) is 4.31. The van der Waals surface area contributed by atoms with E-state index in [2.05, 4.69) is 5.32 Å². The molecule has 0 atom stereocenters. The van der Waals surface area contributed by atoms with E-state index in [0.717, 1.165) is 18.2 Å². The fourth-order valence-corrected chi connectivity index (χ4v) is 1.99. The first-order valence-corrected chi connectivity index (χ1v) is 6.94. The van der Waals surface area contributed by atoms with Crippen LogP contribution < -0.4 is 10.1 Å². The van der Waals surface area contributed by atoms with Crippen molar-refractivity contribution in [3.8, 4) is 5.75 Å². The maximum atomic E-state index is 13.6. The van der Waals surface area contributed by atoms with E-state index in [9.17, 15) is 19.3 Å². The molecule has 0 heterocycles. The Morgan fingerprint density at radius 1 is 1.30 bits per heavy atom. The van der Waals surface area contributed by atoms with Gasteiger partial charge in [0.2, 0.25) is 0 Å². The minimum absolute atomic E-state index is 0.142. The van der Waals surface area contributed by atoms with Crippen LogP contribution in [0.15, 0.2) is 36.4 Å². The van der Waals surface area contributed by atoms with Crippen LogP contribution in [0.5, 0.6) is 5.75 Å². The number of hydrogen-bond acceptors (Lipinski definition) is 4. The number of rotatable bonds is 5. The van der Waals surface area contributed by atoms with Crippen LogP contribution in [0.1, 0.15) is 0 Å². The number of amides is 1. The number of nitro benzene ring substituents is 1. The summed E-state index contributed by atoms with van der Waals surface area (Å²) in [4.78, 5) is 21.7. The molecule has 0 bridgehead atoms. The summed E-state index contributed by atoms with van der Waals surface area (Å²) in [6.45, 7) is -0.470. The van der Waals surface area contributed by atoms with Crippen molar-refractivity contribution in [1.29, 1.82) is 0 Å². The van der Waals surface area contributed by atoms with Gasteiger partial charge in [0.25, 0.3) is 11.6 Å². The number of nitro groups is 1. The van der Waals surface area contributed by atoms with Gasteiger partial charge >= 0.3 is 0 Å². The third-order valence-electron chi connectivity index (χ3n) is 2.71. The van der Waals surface area contributed by atoms with Gasteiger partial charge in [-0.25, -0.2) is 4.39 Å². The number of carbonyl (C=O) groups is 1. The third-order valence-corrected chi connectivity index (χ3v) is 3.51. The summed E-state index contributed by atoms with van der Waals surface area (Å²) < 4.78 is 18.7. The molecule has 0 spiro atoms. The van der Waals surface area contributed by atoms with Gasteiger partial charge in [-0.15, -0.1) is 0 Å². The highest BCUT2D eigenvalue weighted by atomic mass is 35.5. The maximum absolute atomic E-state index is 13.6. The lowest BCUT2D eigenvalue weighted by molar-refractivity contribution is -0.384. The summed E-state index contributed by atoms with van der Waals surface area (Å²) in [7, 11) is 0. The molecule has 9 heteroatoms. The molecule has 0 radical (unpaired) electrons. The first kappa shape index (κ1) is 17.0. The molecule has 0 saturated carbocycles. The minimum atomic E-state index is -0.801. The Labute approximate surface area is 139 Å². The fourth-order valence-electron chi connectivity index (χ4n) is 1.65. The van der Waals surface area contributed by atoms with Crippen LogP contribution >= 0.6 is 23.2 Å². The topological polar surface area (TPSA) is 81.5 Å². The van der Waals surface area contributed by atoms with E-state index in [1.807, 2.05) is 0 Å². The Morgan fingerprint density at radius 3 is 2.74 bits per heavy atom. The summed E-state index contributed by atoms with van der Waals surface area (Å²) in [6.07, 6.45) is 0.